The van der Waals surface area contributed by atoms with Gasteiger partial charge in [-0.15, -0.1) is 21.5 Å². The highest BCUT2D eigenvalue weighted by Crippen LogP contribution is 2.32. The Kier molecular flexibility index (Phi) is 5.34. The number of hydrogen-bond acceptors (Lipinski definition) is 6. The number of carbonyl (C=O) groups excluding carboxylic acids is 1. The molecule has 0 saturated heterocycles. The zero-order chi connectivity index (χ0) is 19.3. The number of amides is 1. The third-order valence-electron chi connectivity index (χ3n) is 4.39. The number of fused-ring (bicyclic) bond motifs is 1. The molecule has 4 rings (SSSR count). The number of methoxy groups -OCH3 is 1. The van der Waals surface area contributed by atoms with Crippen molar-refractivity contribution in [3.05, 3.63) is 64.4 Å². The molecule has 0 radical (unpaired) electrons. The predicted octanol–water partition coefficient (Wildman–Crippen LogP) is 3.35. The van der Waals surface area contributed by atoms with Crippen LogP contribution in [-0.2, 0) is 11.2 Å². The van der Waals surface area contributed by atoms with Crippen molar-refractivity contribution < 1.29 is 14.3 Å². The van der Waals surface area contributed by atoms with E-state index in [9.17, 15) is 4.79 Å². The normalized spacial score (nSPS) is 15.2. The lowest BCUT2D eigenvalue weighted by Gasteiger charge is -2.10. The number of aromatic nitrogens is 2. The van der Waals surface area contributed by atoms with Crippen LogP contribution in [0.4, 0.5) is 0 Å². The van der Waals surface area contributed by atoms with Gasteiger partial charge in [-0.3, -0.25) is 4.79 Å². The summed E-state index contributed by atoms with van der Waals surface area (Å²) in [6, 6.07) is 13.5. The molecule has 142 valence electrons. The second kappa shape index (κ2) is 8.22. The second-order valence-electron chi connectivity index (χ2n) is 6.32. The molecule has 1 atom stereocenters. The summed E-state index contributed by atoms with van der Waals surface area (Å²) in [6.45, 7) is 0.458. The molecule has 2 aromatic heterocycles. The Hall–Kier alpha value is -3.19. The Balaban J connectivity index is 1.35. The molecule has 1 aromatic carbocycles. The first-order valence-electron chi connectivity index (χ1n) is 8.88. The molecule has 3 heterocycles. The predicted molar refractivity (Wildman–Crippen MR) is 109 cm³/mol. The summed E-state index contributed by atoms with van der Waals surface area (Å²) in [5, 5.41) is 13.1. The lowest BCUT2D eigenvalue weighted by molar-refractivity contribution is -0.116. The minimum absolute atomic E-state index is 0.0775. The van der Waals surface area contributed by atoms with E-state index in [1.807, 2.05) is 41.8 Å². The average molecular weight is 393 g/mol. The molecule has 0 fully saturated rings. The zero-order valence-electron chi connectivity index (χ0n) is 15.3. The van der Waals surface area contributed by atoms with Crippen LogP contribution in [0.15, 0.2) is 53.9 Å². The van der Waals surface area contributed by atoms with Crippen LogP contribution >= 0.6 is 11.3 Å². The Morgan fingerprint density at radius 2 is 2.25 bits per heavy atom. The third-order valence-corrected chi connectivity index (χ3v) is 5.23. The number of ether oxygens (including phenoxy) is 2. The summed E-state index contributed by atoms with van der Waals surface area (Å²) in [7, 11) is 1.56. The van der Waals surface area contributed by atoms with Gasteiger partial charge in [-0.25, -0.2) is 0 Å². The van der Waals surface area contributed by atoms with Crippen LogP contribution < -0.4 is 14.8 Å². The number of carbonyl (C=O) groups is 1. The molecule has 1 unspecified atom stereocenters. The average Bonchev–Trinajstić information content (AvgIpc) is 3.39. The van der Waals surface area contributed by atoms with Crippen molar-refractivity contribution in [2.75, 3.05) is 13.7 Å². The maximum atomic E-state index is 12.0. The summed E-state index contributed by atoms with van der Waals surface area (Å²) >= 11 is 1.59. The minimum Gasteiger partial charge on any atom is -0.488 e. The fraction of sp³-hybridized carbons (Fsp3) is 0.190. The standard InChI is InChI=1S/C21H19N3O3S/c1-26-21-9-6-18(23-24-21)14-4-7-19-15(11-14)12-16(27-19)13-22-20(25)8-5-17-3-2-10-28-17/h2-11,16H,12-13H2,1H3,(H,22,25)/b8-5+. The second-order valence-corrected chi connectivity index (χ2v) is 7.30. The molecule has 28 heavy (non-hydrogen) atoms. The van der Waals surface area contributed by atoms with Gasteiger partial charge >= 0.3 is 0 Å². The van der Waals surface area contributed by atoms with E-state index in [2.05, 4.69) is 21.6 Å². The SMILES string of the molecule is COc1ccc(-c2ccc3c(c2)CC(CNC(=O)/C=C/c2cccs2)O3)nn1. The highest BCUT2D eigenvalue weighted by molar-refractivity contribution is 7.10. The number of rotatable bonds is 6. The van der Waals surface area contributed by atoms with Gasteiger partial charge in [0.15, 0.2) is 0 Å². The first kappa shape index (κ1) is 18.2. The first-order valence-corrected chi connectivity index (χ1v) is 9.76. The summed E-state index contributed by atoms with van der Waals surface area (Å²) in [5.41, 5.74) is 2.85. The van der Waals surface area contributed by atoms with E-state index in [4.69, 9.17) is 9.47 Å². The summed E-state index contributed by atoms with van der Waals surface area (Å²) in [6.07, 6.45) is 4.02. The first-order chi connectivity index (χ1) is 13.7. The minimum atomic E-state index is -0.123. The molecular formula is C21H19N3O3S. The lowest BCUT2D eigenvalue weighted by atomic mass is 10.0. The Labute approximate surface area is 166 Å². The highest BCUT2D eigenvalue weighted by Gasteiger charge is 2.23. The molecule has 0 bridgehead atoms. The van der Waals surface area contributed by atoms with Crippen LogP contribution in [0.3, 0.4) is 0 Å². The number of nitrogens with zero attached hydrogens (tertiary/aromatic N) is 2. The van der Waals surface area contributed by atoms with E-state index in [0.717, 1.165) is 33.9 Å². The van der Waals surface area contributed by atoms with Crippen LogP contribution in [0, 0.1) is 0 Å². The largest absolute Gasteiger partial charge is 0.488 e. The van der Waals surface area contributed by atoms with Gasteiger partial charge in [0.25, 0.3) is 0 Å². The molecule has 1 aliphatic rings. The van der Waals surface area contributed by atoms with E-state index in [1.54, 1.807) is 30.6 Å². The summed E-state index contributed by atoms with van der Waals surface area (Å²) in [5.74, 6) is 1.21. The van der Waals surface area contributed by atoms with Gasteiger partial charge < -0.3 is 14.8 Å². The Bertz CT molecular complexity index is 985. The van der Waals surface area contributed by atoms with E-state index < -0.39 is 0 Å². The van der Waals surface area contributed by atoms with Gasteiger partial charge in [-0.05, 0) is 47.4 Å². The van der Waals surface area contributed by atoms with Crippen molar-refractivity contribution in [2.45, 2.75) is 12.5 Å². The topological polar surface area (TPSA) is 73.3 Å². The highest BCUT2D eigenvalue weighted by atomic mass is 32.1. The van der Waals surface area contributed by atoms with Gasteiger partial charge in [-0.2, -0.15) is 0 Å². The van der Waals surface area contributed by atoms with Crippen molar-refractivity contribution in [3.63, 3.8) is 0 Å². The maximum Gasteiger partial charge on any atom is 0.244 e. The number of thiophene rings is 1. The summed E-state index contributed by atoms with van der Waals surface area (Å²) < 4.78 is 11.0. The van der Waals surface area contributed by atoms with Gasteiger partial charge in [0, 0.05) is 29.0 Å². The quantitative estimate of drug-likeness (QED) is 0.650. The molecule has 0 aliphatic carbocycles. The monoisotopic (exact) mass is 393 g/mol. The molecule has 1 aliphatic heterocycles. The van der Waals surface area contributed by atoms with Crippen LogP contribution in [0.2, 0.25) is 0 Å². The molecule has 0 spiro atoms. The Morgan fingerprint density at radius 3 is 3.00 bits per heavy atom. The number of hydrogen-bond donors (Lipinski definition) is 1. The van der Waals surface area contributed by atoms with E-state index in [-0.39, 0.29) is 12.0 Å². The van der Waals surface area contributed by atoms with Gasteiger partial charge in [0.1, 0.15) is 11.9 Å². The van der Waals surface area contributed by atoms with Crippen molar-refractivity contribution in [2.24, 2.45) is 0 Å². The van der Waals surface area contributed by atoms with Crippen molar-refractivity contribution in [1.29, 1.82) is 0 Å². The molecular weight excluding hydrogens is 374 g/mol. The Morgan fingerprint density at radius 1 is 1.32 bits per heavy atom. The van der Waals surface area contributed by atoms with Crippen molar-refractivity contribution >= 4 is 23.3 Å². The van der Waals surface area contributed by atoms with Crippen LogP contribution in [0.5, 0.6) is 11.6 Å². The van der Waals surface area contributed by atoms with Crippen LogP contribution in [0.1, 0.15) is 10.4 Å². The van der Waals surface area contributed by atoms with E-state index in [0.29, 0.717) is 12.4 Å². The lowest BCUT2D eigenvalue weighted by Crippen LogP contribution is -2.33. The molecule has 0 saturated carbocycles. The van der Waals surface area contributed by atoms with E-state index in [1.165, 1.54) is 0 Å². The molecule has 7 heteroatoms. The van der Waals surface area contributed by atoms with Crippen molar-refractivity contribution in [1.82, 2.24) is 15.5 Å². The fourth-order valence-electron chi connectivity index (χ4n) is 2.99. The van der Waals surface area contributed by atoms with Gasteiger partial charge in [0.05, 0.1) is 19.3 Å². The van der Waals surface area contributed by atoms with Gasteiger partial charge in [-0.1, -0.05) is 6.07 Å². The van der Waals surface area contributed by atoms with Crippen molar-refractivity contribution in [3.8, 4) is 22.9 Å². The maximum absolute atomic E-state index is 12.0. The zero-order valence-corrected chi connectivity index (χ0v) is 16.1. The smallest absolute Gasteiger partial charge is 0.244 e. The molecule has 6 nitrogen and oxygen atoms in total. The molecule has 3 aromatic rings. The van der Waals surface area contributed by atoms with Crippen LogP contribution in [0.25, 0.3) is 17.3 Å². The molecule has 1 amide bonds. The number of benzene rings is 1. The molecule has 1 N–H and O–H groups in total. The summed E-state index contributed by atoms with van der Waals surface area (Å²) in [4.78, 5) is 13.0. The fourth-order valence-corrected chi connectivity index (χ4v) is 3.61. The van der Waals surface area contributed by atoms with E-state index >= 15 is 0 Å². The van der Waals surface area contributed by atoms with Crippen LogP contribution in [-0.4, -0.2) is 35.9 Å². The number of nitrogens with one attached hydrogen (secondary N) is 1. The third kappa shape index (κ3) is 4.20. The van der Waals surface area contributed by atoms with Gasteiger partial charge in [0.2, 0.25) is 11.8 Å².